The van der Waals surface area contributed by atoms with Crippen LogP contribution < -0.4 is 10.2 Å². The summed E-state index contributed by atoms with van der Waals surface area (Å²) in [5, 5.41) is 3.49. The van der Waals surface area contributed by atoms with Crippen LogP contribution in [0.15, 0.2) is 34.9 Å². The number of nitrogens with one attached hydrogen (secondary N) is 1. The number of halogens is 1. The maximum Gasteiger partial charge on any atom is 0.226 e. The van der Waals surface area contributed by atoms with Crippen LogP contribution in [0.25, 0.3) is 11.0 Å². The fraction of sp³-hybridized carbons (Fsp3) is 0.368. The SMILES string of the molecule is Cc1nc(N[C@H](C)c2cccc(Br)c2)c2nc(N3CCOCC3)ncc2n1. The average molecular weight is 429 g/mol. The molecule has 8 heteroatoms. The number of ether oxygens (including phenoxy) is 1. The van der Waals surface area contributed by atoms with Gasteiger partial charge in [0.25, 0.3) is 0 Å². The minimum atomic E-state index is 0.0711. The van der Waals surface area contributed by atoms with Crippen molar-refractivity contribution >= 4 is 38.7 Å². The van der Waals surface area contributed by atoms with Gasteiger partial charge in [0.15, 0.2) is 5.82 Å². The van der Waals surface area contributed by atoms with Gasteiger partial charge in [-0.2, -0.15) is 0 Å². The van der Waals surface area contributed by atoms with Crippen molar-refractivity contribution in [1.82, 2.24) is 19.9 Å². The summed E-state index contributed by atoms with van der Waals surface area (Å²) < 4.78 is 6.47. The van der Waals surface area contributed by atoms with E-state index in [9.17, 15) is 0 Å². The number of anilines is 2. The van der Waals surface area contributed by atoms with Crippen LogP contribution in [0.4, 0.5) is 11.8 Å². The van der Waals surface area contributed by atoms with E-state index in [1.54, 1.807) is 6.20 Å². The van der Waals surface area contributed by atoms with E-state index in [4.69, 9.17) is 9.72 Å². The molecule has 0 spiro atoms. The maximum absolute atomic E-state index is 5.42. The Balaban J connectivity index is 1.69. The zero-order valence-electron chi connectivity index (χ0n) is 15.3. The Morgan fingerprint density at radius 1 is 1.19 bits per heavy atom. The molecular formula is C19H21BrN6O. The highest BCUT2D eigenvalue weighted by molar-refractivity contribution is 9.10. The first kappa shape index (κ1) is 18.1. The van der Waals surface area contributed by atoms with E-state index in [0.717, 1.165) is 40.0 Å². The average Bonchev–Trinajstić information content (AvgIpc) is 2.68. The summed E-state index contributed by atoms with van der Waals surface area (Å²) in [5.74, 6) is 2.10. The number of hydrogen-bond donors (Lipinski definition) is 1. The van der Waals surface area contributed by atoms with Gasteiger partial charge in [0.2, 0.25) is 5.95 Å². The van der Waals surface area contributed by atoms with Crippen molar-refractivity contribution in [1.29, 1.82) is 0 Å². The molecule has 2 aromatic heterocycles. The molecular weight excluding hydrogens is 408 g/mol. The number of nitrogens with zero attached hydrogens (tertiary/aromatic N) is 5. The number of aromatic nitrogens is 4. The monoisotopic (exact) mass is 428 g/mol. The van der Waals surface area contributed by atoms with Crippen LogP contribution in [0.2, 0.25) is 0 Å². The van der Waals surface area contributed by atoms with Gasteiger partial charge < -0.3 is 15.0 Å². The Hall–Kier alpha value is -2.32. The molecule has 4 rings (SSSR count). The molecule has 0 bridgehead atoms. The zero-order valence-corrected chi connectivity index (χ0v) is 16.9. The van der Waals surface area contributed by atoms with Crippen LogP contribution in [0.5, 0.6) is 0 Å². The molecule has 0 amide bonds. The topological polar surface area (TPSA) is 76.1 Å². The number of hydrogen-bond acceptors (Lipinski definition) is 7. The van der Waals surface area contributed by atoms with E-state index < -0.39 is 0 Å². The summed E-state index contributed by atoms with van der Waals surface area (Å²) in [6.45, 7) is 6.94. The maximum atomic E-state index is 5.42. The van der Waals surface area contributed by atoms with Crippen LogP contribution in [-0.4, -0.2) is 46.2 Å². The van der Waals surface area contributed by atoms with Crippen molar-refractivity contribution in [2.24, 2.45) is 0 Å². The first-order valence-corrected chi connectivity index (χ1v) is 9.75. The smallest absolute Gasteiger partial charge is 0.226 e. The Morgan fingerprint density at radius 2 is 2.00 bits per heavy atom. The molecule has 140 valence electrons. The predicted octanol–water partition coefficient (Wildman–Crippen LogP) is 3.50. The minimum absolute atomic E-state index is 0.0711. The third-order valence-electron chi connectivity index (χ3n) is 4.53. The Morgan fingerprint density at radius 3 is 2.78 bits per heavy atom. The Bertz CT molecular complexity index is 960. The van der Waals surface area contributed by atoms with E-state index in [1.807, 2.05) is 19.1 Å². The van der Waals surface area contributed by atoms with Crippen LogP contribution >= 0.6 is 15.9 Å². The highest BCUT2D eigenvalue weighted by Gasteiger charge is 2.17. The minimum Gasteiger partial charge on any atom is -0.378 e. The number of benzene rings is 1. The van der Waals surface area contributed by atoms with Gasteiger partial charge in [-0.15, -0.1) is 0 Å². The second kappa shape index (κ2) is 7.74. The highest BCUT2D eigenvalue weighted by atomic mass is 79.9. The first-order valence-electron chi connectivity index (χ1n) is 8.96. The summed E-state index contributed by atoms with van der Waals surface area (Å²) in [7, 11) is 0. The lowest BCUT2D eigenvalue weighted by atomic mass is 10.1. The van der Waals surface area contributed by atoms with Gasteiger partial charge in [-0.1, -0.05) is 28.1 Å². The van der Waals surface area contributed by atoms with Gasteiger partial charge in [0.05, 0.1) is 25.5 Å². The van der Waals surface area contributed by atoms with Gasteiger partial charge in [0.1, 0.15) is 16.9 Å². The Kier molecular flexibility index (Phi) is 5.18. The molecule has 0 radical (unpaired) electrons. The van der Waals surface area contributed by atoms with Gasteiger partial charge in [-0.3, -0.25) is 0 Å². The lowest BCUT2D eigenvalue weighted by molar-refractivity contribution is 0.122. The second-order valence-electron chi connectivity index (χ2n) is 6.54. The second-order valence-corrected chi connectivity index (χ2v) is 7.46. The summed E-state index contributed by atoms with van der Waals surface area (Å²) in [4.78, 5) is 20.5. The predicted molar refractivity (Wildman–Crippen MR) is 109 cm³/mol. The molecule has 3 heterocycles. The largest absolute Gasteiger partial charge is 0.378 e. The standard InChI is InChI=1S/C19H21BrN6O/c1-12(14-4-3-5-15(20)10-14)22-18-17-16(23-13(2)24-18)11-21-19(25-17)26-6-8-27-9-7-26/h3-5,10-12H,6-9H2,1-2H3,(H,22,23,24)/t12-/m1/s1. The van der Waals surface area contributed by atoms with Gasteiger partial charge in [0, 0.05) is 17.6 Å². The Labute approximate surface area is 166 Å². The van der Waals surface area contributed by atoms with E-state index in [1.165, 1.54) is 0 Å². The molecule has 1 aliphatic heterocycles. The molecule has 0 unspecified atom stereocenters. The molecule has 1 fully saturated rings. The van der Waals surface area contributed by atoms with Crippen LogP contribution in [0, 0.1) is 6.92 Å². The van der Waals surface area contributed by atoms with E-state index in [-0.39, 0.29) is 6.04 Å². The normalized spacial score (nSPS) is 15.7. The molecule has 3 aromatic rings. The van der Waals surface area contributed by atoms with Crippen molar-refractivity contribution in [3.63, 3.8) is 0 Å². The van der Waals surface area contributed by atoms with E-state index >= 15 is 0 Å². The molecule has 1 aromatic carbocycles. The molecule has 1 saturated heterocycles. The third-order valence-corrected chi connectivity index (χ3v) is 5.03. The lowest BCUT2D eigenvalue weighted by Gasteiger charge is -2.26. The summed E-state index contributed by atoms with van der Waals surface area (Å²) in [6, 6.07) is 8.30. The molecule has 0 aliphatic carbocycles. The van der Waals surface area contributed by atoms with Crippen molar-refractivity contribution in [2.75, 3.05) is 36.5 Å². The molecule has 1 atom stereocenters. The van der Waals surface area contributed by atoms with Crippen LogP contribution in [0.1, 0.15) is 24.4 Å². The van der Waals surface area contributed by atoms with Crippen LogP contribution in [-0.2, 0) is 4.74 Å². The quantitative estimate of drug-likeness (QED) is 0.680. The van der Waals surface area contributed by atoms with Crippen molar-refractivity contribution < 1.29 is 4.74 Å². The number of rotatable bonds is 4. The van der Waals surface area contributed by atoms with Crippen LogP contribution in [0.3, 0.4) is 0 Å². The number of morpholine rings is 1. The van der Waals surface area contributed by atoms with Crippen molar-refractivity contribution in [3.8, 4) is 0 Å². The molecule has 0 saturated carbocycles. The third kappa shape index (κ3) is 4.01. The highest BCUT2D eigenvalue weighted by Crippen LogP contribution is 2.26. The first-order chi connectivity index (χ1) is 13.1. The van der Waals surface area contributed by atoms with E-state index in [2.05, 4.69) is 60.2 Å². The molecule has 27 heavy (non-hydrogen) atoms. The fourth-order valence-electron chi connectivity index (χ4n) is 3.12. The number of fused-ring (bicyclic) bond motifs is 1. The summed E-state index contributed by atoms with van der Waals surface area (Å²) in [5.41, 5.74) is 2.64. The van der Waals surface area contributed by atoms with E-state index in [0.29, 0.717) is 25.0 Å². The summed E-state index contributed by atoms with van der Waals surface area (Å²) in [6.07, 6.45) is 1.77. The van der Waals surface area contributed by atoms with Gasteiger partial charge in [-0.05, 0) is 31.5 Å². The van der Waals surface area contributed by atoms with Crippen molar-refractivity contribution in [3.05, 3.63) is 46.3 Å². The zero-order chi connectivity index (χ0) is 18.8. The lowest BCUT2D eigenvalue weighted by Crippen LogP contribution is -2.37. The molecule has 1 aliphatic rings. The fourth-order valence-corrected chi connectivity index (χ4v) is 3.53. The number of aryl methyl sites for hydroxylation is 1. The van der Waals surface area contributed by atoms with Crippen molar-refractivity contribution in [2.45, 2.75) is 19.9 Å². The molecule has 7 nitrogen and oxygen atoms in total. The molecule has 1 N–H and O–H groups in total. The summed E-state index contributed by atoms with van der Waals surface area (Å²) >= 11 is 3.53. The van der Waals surface area contributed by atoms with Gasteiger partial charge in [-0.25, -0.2) is 19.9 Å². The van der Waals surface area contributed by atoms with Gasteiger partial charge >= 0.3 is 0 Å².